The molecule has 1 saturated carbocycles. The number of halogens is 1. The molecule has 4 nitrogen and oxygen atoms in total. The van der Waals surface area contributed by atoms with Gasteiger partial charge in [-0.1, -0.05) is 41.9 Å². The normalized spacial score (nSPS) is 16.3. The van der Waals surface area contributed by atoms with Crippen molar-refractivity contribution in [1.29, 1.82) is 0 Å². The molecule has 1 aliphatic carbocycles. The molecule has 116 valence electrons. The molecule has 3 rings (SSSR count). The Morgan fingerprint density at radius 2 is 1.82 bits per heavy atom. The van der Waals surface area contributed by atoms with Crippen LogP contribution in [0.3, 0.4) is 0 Å². The summed E-state index contributed by atoms with van der Waals surface area (Å²) >= 11 is 5.94. The monoisotopic (exact) mass is 337 g/mol. The minimum absolute atomic E-state index is 0.0599. The standard InChI is InChI=1S/C16H16ClNO3S/c1-21-14-8-7-13(17)11-15(14)22(19,20)18-16(9-10-16)12-5-3-2-4-6-12/h2-8,11,18H,9-10H2,1H3. The fraction of sp³-hybridized carbons (Fsp3) is 0.250. The third-order valence-corrected chi connectivity index (χ3v) is 5.61. The van der Waals surface area contributed by atoms with Crippen molar-refractivity contribution in [3.8, 4) is 5.75 Å². The average Bonchev–Trinajstić information content (AvgIpc) is 3.28. The van der Waals surface area contributed by atoms with Gasteiger partial charge in [0.1, 0.15) is 10.6 Å². The van der Waals surface area contributed by atoms with E-state index in [4.69, 9.17) is 16.3 Å². The molecule has 2 aromatic carbocycles. The molecule has 0 unspecified atom stereocenters. The second-order valence-electron chi connectivity index (χ2n) is 5.35. The van der Waals surface area contributed by atoms with Gasteiger partial charge in [0.2, 0.25) is 10.0 Å². The van der Waals surface area contributed by atoms with Crippen LogP contribution >= 0.6 is 11.6 Å². The van der Waals surface area contributed by atoms with Gasteiger partial charge in [-0.05, 0) is 36.6 Å². The van der Waals surface area contributed by atoms with Gasteiger partial charge in [0.15, 0.2) is 0 Å². The highest BCUT2D eigenvalue weighted by atomic mass is 35.5. The number of hydrogen-bond acceptors (Lipinski definition) is 3. The van der Waals surface area contributed by atoms with Crippen molar-refractivity contribution in [3.63, 3.8) is 0 Å². The highest BCUT2D eigenvalue weighted by Crippen LogP contribution is 2.46. The summed E-state index contributed by atoms with van der Waals surface area (Å²) < 4.78 is 33.4. The lowest BCUT2D eigenvalue weighted by Gasteiger charge is -2.19. The molecule has 6 heteroatoms. The van der Waals surface area contributed by atoms with E-state index in [-0.39, 0.29) is 10.6 Å². The van der Waals surface area contributed by atoms with Gasteiger partial charge in [0.05, 0.1) is 12.6 Å². The van der Waals surface area contributed by atoms with E-state index in [1.807, 2.05) is 30.3 Å². The summed E-state index contributed by atoms with van der Waals surface area (Å²) in [5, 5.41) is 0.353. The van der Waals surface area contributed by atoms with Gasteiger partial charge in [-0.25, -0.2) is 13.1 Å². The summed E-state index contributed by atoms with van der Waals surface area (Å²) in [6, 6.07) is 14.2. The molecule has 0 aromatic heterocycles. The van der Waals surface area contributed by atoms with Crippen molar-refractivity contribution >= 4 is 21.6 Å². The van der Waals surface area contributed by atoms with E-state index in [0.29, 0.717) is 5.02 Å². The Labute approximate surface area is 135 Å². The number of sulfonamides is 1. The summed E-state index contributed by atoms with van der Waals surface area (Å²) in [5.41, 5.74) is 0.451. The average molecular weight is 338 g/mol. The number of nitrogens with one attached hydrogen (secondary N) is 1. The topological polar surface area (TPSA) is 55.4 Å². The molecular weight excluding hydrogens is 322 g/mol. The van der Waals surface area contributed by atoms with Gasteiger partial charge in [-0.15, -0.1) is 0 Å². The van der Waals surface area contributed by atoms with Crippen molar-refractivity contribution in [1.82, 2.24) is 4.72 Å². The Morgan fingerprint density at radius 1 is 1.14 bits per heavy atom. The summed E-state index contributed by atoms with van der Waals surface area (Å²) in [7, 11) is -2.29. The molecule has 2 aromatic rings. The first kappa shape index (κ1) is 15.3. The van der Waals surface area contributed by atoms with E-state index >= 15 is 0 Å². The van der Waals surface area contributed by atoms with Crippen LogP contribution in [0, 0.1) is 0 Å². The Bertz CT molecular complexity index is 786. The van der Waals surface area contributed by atoms with Gasteiger partial charge < -0.3 is 4.74 Å². The Morgan fingerprint density at radius 3 is 2.41 bits per heavy atom. The molecule has 0 aliphatic heterocycles. The van der Waals surface area contributed by atoms with Gasteiger partial charge in [0.25, 0.3) is 0 Å². The van der Waals surface area contributed by atoms with E-state index in [1.165, 1.54) is 13.2 Å². The zero-order chi connectivity index (χ0) is 15.8. The first-order chi connectivity index (χ1) is 10.5. The molecule has 22 heavy (non-hydrogen) atoms. The zero-order valence-electron chi connectivity index (χ0n) is 12.0. The molecular formula is C16H16ClNO3S. The van der Waals surface area contributed by atoms with Crippen molar-refractivity contribution in [3.05, 3.63) is 59.1 Å². The number of benzene rings is 2. The van der Waals surface area contributed by atoms with Crippen LogP contribution in [0.5, 0.6) is 5.75 Å². The van der Waals surface area contributed by atoms with Crippen molar-refractivity contribution in [2.75, 3.05) is 7.11 Å². The minimum atomic E-state index is -3.73. The predicted molar refractivity (Wildman–Crippen MR) is 85.7 cm³/mol. The fourth-order valence-corrected chi connectivity index (χ4v) is 4.39. The SMILES string of the molecule is COc1ccc(Cl)cc1S(=O)(=O)NC1(c2ccccc2)CC1. The third-order valence-electron chi connectivity index (χ3n) is 3.82. The van der Waals surface area contributed by atoms with Gasteiger partial charge in [-0.3, -0.25) is 0 Å². The predicted octanol–water partition coefficient (Wildman–Crippen LogP) is 3.32. The van der Waals surface area contributed by atoms with Crippen molar-refractivity contribution < 1.29 is 13.2 Å². The maximum Gasteiger partial charge on any atom is 0.245 e. The van der Waals surface area contributed by atoms with E-state index in [9.17, 15) is 8.42 Å². The lowest BCUT2D eigenvalue weighted by atomic mass is 10.1. The molecule has 1 fully saturated rings. The Hall–Kier alpha value is -1.56. The summed E-state index contributed by atoms with van der Waals surface area (Å²) in [5.74, 6) is 0.278. The van der Waals surface area contributed by atoms with Crippen LogP contribution in [-0.4, -0.2) is 15.5 Å². The van der Waals surface area contributed by atoms with E-state index < -0.39 is 15.6 Å². The highest BCUT2D eigenvalue weighted by molar-refractivity contribution is 7.89. The van der Waals surface area contributed by atoms with Crippen LogP contribution in [0.1, 0.15) is 18.4 Å². The summed E-state index contributed by atoms with van der Waals surface area (Å²) in [4.78, 5) is 0.0599. The molecule has 1 N–H and O–H groups in total. The number of rotatable bonds is 5. The second-order valence-corrected chi connectivity index (χ2v) is 7.44. The molecule has 0 heterocycles. The lowest BCUT2D eigenvalue weighted by molar-refractivity contribution is 0.402. The summed E-state index contributed by atoms with van der Waals surface area (Å²) in [6.07, 6.45) is 1.55. The number of methoxy groups -OCH3 is 1. The minimum Gasteiger partial charge on any atom is -0.495 e. The fourth-order valence-electron chi connectivity index (χ4n) is 2.50. The van der Waals surface area contributed by atoms with Crippen LogP contribution in [0.15, 0.2) is 53.4 Å². The van der Waals surface area contributed by atoms with E-state index in [1.54, 1.807) is 12.1 Å². The number of hydrogen-bond donors (Lipinski definition) is 1. The molecule has 1 aliphatic rings. The summed E-state index contributed by atoms with van der Waals surface area (Å²) in [6.45, 7) is 0. The van der Waals surface area contributed by atoms with Gasteiger partial charge in [0, 0.05) is 5.02 Å². The van der Waals surface area contributed by atoms with Crippen molar-refractivity contribution in [2.24, 2.45) is 0 Å². The van der Waals surface area contributed by atoms with Crippen LogP contribution in [0.4, 0.5) is 0 Å². The maximum absolute atomic E-state index is 12.7. The van der Waals surface area contributed by atoms with Gasteiger partial charge in [-0.2, -0.15) is 0 Å². The largest absolute Gasteiger partial charge is 0.495 e. The van der Waals surface area contributed by atoms with E-state index in [2.05, 4.69) is 4.72 Å². The maximum atomic E-state index is 12.7. The Kier molecular flexibility index (Phi) is 3.89. The molecule has 0 radical (unpaired) electrons. The number of ether oxygens (including phenoxy) is 1. The van der Waals surface area contributed by atoms with Crippen LogP contribution < -0.4 is 9.46 Å². The third kappa shape index (κ3) is 2.84. The van der Waals surface area contributed by atoms with Crippen LogP contribution in [0.25, 0.3) is 0 Å². The molecule has 0 amide bonds. The zero-order valence-corrected chi connectivity index (χ0v) is 13.6. The second kappa shape index (κ2) is 5.57. The first-order valence-electron chi connectivity index (χ1n) is 6.90. The molecule has 0 saturated heterocycles. The van der Waals surface area contributed by atoms with Crippen LogP contribution in [-0.2, 0) is 15.6 Å². The quantitative estimate of drug-likeness (QED) is 0.910. The first-order valence-corrected chi connectivity index (χ1v) is 8.76. The van der Waals surface area contributed by atoms with Crippen LogP contribution in [0.2, 0.25) is 5.02 Å². The lowest BCUT2D eigenvalue weighted by Crippen LogP contribution is -2.35. The highest BCUT2D eigenvalue weighted by Gasteiger charge is 2.47. The molecule has 0 bridgehead atoms. The van der Waals surface area contributed by atoms with Gasteiger partial charge >= 0.3 is 0 Å². The molecule has 0 atom stereocenters. The van der Waals surface area contributed by atoms with E-state index in [0.717, 1.165) is 18.4 Å². The Balaban J connectivity index is 1.97. The molecule has 0 spiro atoms. The smallest absolute Gasteiger partial charge is 0.245 e. The van der Waals surface area contributed by atoms with Crippen molar-refractivity contribution in [2.45, 2.75) is 23.3 Å².